The van der Waals surface area contributed by atoms with Crippen LogP contribution in [0.5, 0.6) is 0 Å². The minimum atomic E-state index is 0.300. The number of rotatable bonds is 2. The van der Waals surface area contributed by atoms with Gasteiger partial charge in [-0.15, -0.1) is 0 Å². The summed E-state index contributed by atoms with van der Waals surface area (Å²) in [4.78, 5) is 10.8. The molecule has 3 rings (SSSR count). The molecule has 2 aromatic rings. The number of aromatic nitrogens is 2. The first-order chi connectivity index (χ1) is 9.78. The number of anilines is 4. The number of hydrogen-bond donors (Lipinski definition) is 2. The lowest BCUT2D eigenvalue weighted by Gasteiger charge is -2.24. The van der Waals surface area contributed by atoms with Crippen molar-refractivity contribution in [2.45, 2.75) is 19.3 Å². The maximum absolute atomic E-state index is 5.81. The summed E-state index contributed by atoms with van der Waals surface area (Å²) in [5.74, 6) is 1.90. The van der Waals surface area contributed by atoms with Crippen molar-refractivity contribution in [2.24, 2.45) is 0 Å². The summed E-state index contributed by atoms with van der Waals surface area (Å²) in [6.45, 7) is 0.955. The van der Waals surface area contributed by atoms with E-state index in [2.05, 4.69) is 44.5 Å². The van der Waals surface area contributed by atoms with E-state index in [-0.39, 0.29) is 0 Å². The third-order valence-corrected chi connectivity index (χ3v) is 3.62. The molecule has 0 spiro atoms. The molecule has 0 radical (unpaired) electrons. The van der Waals surface area contributed by atoms with Gasteiger partial charge in [0, 0.05) is 25.3 Å². The third-order valence-electron chi connectivity index (χ3n) is 3.62. The molecule has 0 saturated carbocycles. The molecule has 1 aromatic carbocycles. The molecular formula is C15H19N5. The average molecular weight is 269 g/mol. The van der Waals surface area contributed by atoms with Crippen LogP contribution in [0.15, 0.2) is 30.3 Å². The van der Waals surface area contributed by atoms with E-state index >= 15 is 0 Å². The van der Waals surface area contributed by atoms with E-state index in [9.17, 15) is 0 Å². The number of fused-ring (bicyclic) bond motifs is 1. The SMILES string of the molecule is CNc1cc(N2CCCCc3ccccc32)nc(N)n1. The lowest BCUT2D eigenvalue weighted by atomic mass is 10.1. The molecule has 0 saturated heterocycles. The van der Waals surface area contributed by atoms with E-state index in [0.717, 1.165) is 31.0 Å². The normalized spacial score (nSPS) is 14.6. The van der Waals surface area contributed by atoms with Crippen LogP contribution >= 0.6 is 0 Å². The fourth-order valence-electron chi connectivity index (χ4n) is 2.65. The summed E-state index contributed by atoms with van der Waals surface area (Å²) in [5, 5.41) is 3.03. The molecule has 0 amide bonds. The zero-order chi connectivity index (χ0) is 13.9. The van der Waals surface area contributed by atoms with Crippen LogP contribution < -0.4 is 16.0 Å². The van der Waals surface area contributed by atoms with Gasteiger partial charge in [-0.3, -0.25) is 0 Å². The highest BCUT2D eigenvalue weighted by atomic mass is 15.2. The van der Waals surface area contributed by atoms with Gasteiger partial charge in [0.2, 0.25) is 5.95 Å². The Kier molecular flexibility index (Phi) is 3.41. The van der Waals surface area contributed by atoms with E-state index in [1.807, 2.05) is 13.1 Å². The van der Waals surface area contributed by atoms with Crippen molar-refractivity contribution in [3.05, 3.63) is 35.9 Å². The highest BCUT2D eigenvalue weighted by Crippen LogP contribution is 2.32. The molecule has 1 aliphatic heterocycles. The van der Waals surface area contributed by atoms with Gasteiger partial charge in [-0.05, 0) is 30.9 Å². The van der Waals surface area contributed by atoms with Crippen LogP contribution in [0, 0.1) is 0 Å². The van der Waals surface area contributed by atoms with Gasteiger partial charge >= 0.3 is 0 Å². The Hall–Kier alpha value is -2.30. The van der Waals surface area contributed by atoms with Crippen LogP contribution in [0.4, 0.5) is 23.3 Å². The minimum absolute atomic E-state index is 0.300. The maximum atomic E-state index is 5.81. The van der Waals surface area contributed by atoms with E-state index in [0.29, 0.717) is 5.95 Å². The Morgan fingerprint density at radius 3 is 2.90 bits per heavy atom. The van der Waals surface area contributed by atoms with Crippen molar-refractivity contribution in [2.75, 3.05) is 29.5 Å². The van der Waals surface area contributed by atoms with Gasteiger partial charge in [0.25, 0.3) is 0 Å². The second-order valence-electron chi connectivity index (χ2n) is 4.96. The van der Waals surface area contributed by atoms with Crippen molar-refractivity contribution < 1.29 is 0 Å². The lowest BCUT2D eigenvalue weighted by molar-refractivity contribution is 0.757. The smallest absolute Gasteiger partial charge is 0.223 e. The molecule has 0 fully saturated rings. The van der Waals surface area contributed by atoms with Crippen LogP contribution in [0.25, 0.3) is 0 Å². The van der Waals surface area contributed by atoms with E-state index < -0.39 is 0 Å². The number of para-hydroxylation sites is 1. The van der Waals surface area contributed by atoms with Gasteiger partial charge in [-0.25, -0.2) is 0 Å². The van der Waals surface area contributed by atoms with E-state index in [1.165, 1.54) is 17.7 Å². The Morgan fingerprint density at radius 2 is 2.05 bits per heavy atom. The first-order valence-corrected chi connectivity index (χ1v) is 6.95. The fourth-order valence-corrected chi connectivity index (χ4v) is 2.65. The highest BCUT2D eigenvalue weighted by molar-refractivity contribution is 5.67. The number of nitrogen functional groups attached to an aromatic ring is 1. The molecule has 2 heterocycles. The second-order valence-corrected chi connectivity index (χ2v) is 4.96. The van der Waals surface area contributed by atoms with Crippen LogP contribution in [-0.4, -0.2) is 23.6 Å². The fraction of sp³-hybridized carbons (Fsp3) is 0.333. The molecule has 1 aliphatic rings. The van der Waals surface area contributed by atoms with Gasteiger partial charge in [0.05, 0.1) is 0 Å². The van der Waals surface area contributed by atoms with Crippen molar-refractivity contribution in [3.8, 4) is 0 Å². The van der Waals surface area contributed by atoms with Gasteiger partial charge < -0.3 is 16.0 Å². The molecule has 0 atom stereocenters. The molecule has 5 nitrogen and oxygen atoms in total. The van der Waals surface area contributed by atoms with Gasteiger partial charge in [0.1, 0.15) is 11.6 Å². The third kappa shape index (κ3) is 2.39. The molecule has 1 aromatic heterocycles. The first-order valence-electron chi connectivity index (χ1n) is 6.95. The number of aryl methyl sites for hydroxylation is 1. The molecular weight excluding hydrogens is 250 g/mol. The maximum Gasteiger partial charge on any atom is 0.223 e. The predicted molar refractivity (Wildman–Crippen MR) is 82.4 cm³/mol. The van der Waals surface area contributed by atoms with Crippen molar-refractivity contribution >= 4 is 23.3 Å². The summed E-state index contributed by atoms with van der Waals surface area (Å²) >= 11 is 0. The number of hydrogen-bond acceptors (Lipinski definition) is 5. The molecule has 0 aliphatic carbocycles. The number of benzene rings is 1. The van der Waals surface area contributed by atoms with Crippen molar-refractivity contribution in [3.63, 3.8) is 0 Å². The van der Waals surface area contributed by atoms with Crippen LogP contribution in [0.2, 0.25) is 0 Å². The van der Waals surface area contributed by atoms with Crippen LogP contribution in [-0.2, 0) is 6.42 Å². The summed E-state index contributed by atoms with van der Waals surface area (Å²) in [5.41, 5.74) is 8.41. The monoisotopic (exact) mass is 269 g/mol. The largest absolute Gasteiger partial charge is 0.373 e. The van der Waals surface area contributed by atoms with Gasteiger partial charge in [0.15, 0.2) is 0 Å². The summed E-state index contributed by atoms with van der Waals surface area (Å²) in [6, 6.07) is 10.4. The van der Waals surface area contributed by atoms with E-state index in [4.69, 9.17) is 5.73 Å². The summed E-state index contributed by atoms with van der Waals surface area (Å²) in [6.07, 6.45) is 3.46. The first kappa shape index (κ1) is 12.7. The summed E-state index contributed by atoms with van der Waals surface area (Å²) in [7, 11) is 1.84. The van der Waals surface area contributed by atoms with Gasteiger partial charge in [-0.2, -0.15) is 9.97 Å². The molecule has 0 bridgehead atoms. The van der Waals surface area contributed by atoms with Crippen LogP contribution in [0.1, 0.15) is 18.4 Å². The predicted octanol–water partition coefficient (Wildman–Crippen LogP) is 2.57. The number of nitrogens with one attached hydrogen (secondary N) is 1. The molecule has 5 heteroatoms. The summed E-state index contributed by atoms with van der Waals surface area (Å²) < 4.78 is 0. The highest BCUT2D eigenvalue weighted by Gasteiger charge is 2.18. The lowest BCUT2D eigenvalue weighted by Crippen LogP contribution is -2.20. The Labute approximate surface area is 118 Å². The van der Waals surface area contributed by atoms with Crippen LogP contribution in [0.3, 0.4) is 0 Å². The molecule has 104 valence electrons. The number of nitrogens with two attached hydrogens (primary N) is 1. The zero-order valence-corrected chi connectivity index (χ0v) is 11.6. The van der Waals surface area contributed by atoms with Gasteiger partial charge in [-0.1, -0.05) is 18.2 Å². The Balaban J connectivity index is 2.07. The average Bonchev–Trinajstić information content (AvgIpc) is 2.69. The molecule has 20 heavy (non-hydrogen) atoms. The zero-order valence-electron chi connectivity index (χ0n) is 11.6. The standard InChI is InChI=1S/C15H19N5/c1-17-13-10-14(19-15(16)18-13)20-9-5-4-7-11-6-2-3-8-12(11)20/h2-3,6,8,10H,4-5,7,9H2,1H3,(H3,16,17,18,19). The molecule has 3 N–H and O–H groups in total. The Morgan fingerprint density at radius 1 is 1.20 bits per heavy atom. The quantitative estimate of drug-likeness (QED) is 0.877. The van der Waals surface area contributed by atoms with Crippen molar-refractivity contribution in [1.82, 2.24) is 9.97 Å². The molecule has 0 unspecified atom stereocenters. The number of nitrogens with zero attached hydrogens (tertiary/aromatic N) is 3. The topological polar surface area (TPSA) is 67.1 Å². The second kappa shape index (κ2) is 5.36. The minimum Gasteiger partial charge on any atom is -0.373 e. The Bertz CT molecular complexity index is 611. The van der Waals surface area contributed by atoms with E-state index in [1.54, 1.807) is 0 Å². The van der Waals surface area contributed by atoms with Crippen molar-refractivity contribution in [1.29, 1.82) is 0 Å².